The van der Waals surface area contributed by atoms with Crippen molar-refractivity contribution in [2.45, 2.75) is 33.1 Å². The molecule has 0 bridgehead atoms. The Bertz CT molecular complexity index is 191. The van der Waals surface area contributed by atoms with Gasteiger partial charge in [0.2, 0.25) is 5.91 Å². The van der Waals surface area contributed by atoms with Crippen molar-refractivity contribution in [3.05, 3.63) is 0 Å². The van der Waals surface area contributed by atoms with Crippen LogP contribution in [0, 0.1) is 11.3 Å². The number of carbonyl (C=O) groups excluding carboxylic acids is 1. The first-order chi connectivity index (χ1) is 6.08. The van der Waals surface area contributed by atoms with Gasteiger partial charge in [0.1, 0.15) is 0 Å². The van der Waals surface area contributed by atoms with E-state index in [1.54, 1.807) is 0 Å². The van der Waals surface area contributed by atoms with Crippen LogP contribution in [0.25, 0.3) is 0 Å². The number of carbonyl (C=O) groups is 1. The van der Waals surface area contributed by atoms with Crippen LogP contribution in [-0.4, -0.2) is 18.3 Å². The van der Waals surface area contributed by atoms with Crippen molar-refractivity contribution in [3.63, 3.8) is 0 Å². The topological polar surface area (TPSA) is 29.1 Å². The predicted octanol–water partition coefficient (Wildman–Crippen LogP) is 2.17. The maximum Gasteiger partial charge on any atom is 0.223 e. The van der Waals surface area contributed by atoms with Crippen LogP contribution < -0.4 is 5.32 Å². The van der Waals surface area contributed by atoms with Gasteiger partial charge in [0.15, 0.2) is 0 Å². The Morgan fingerprint density at radius 3 is 2.77 bits per heavy atom. The number of nitrogens with one attached hydrogen (secondary N) is 1. The summed E-state index contributed by atoms with van der Waals surface area (Å²) in [6.45, 7) is 4.93. The minimum atomic E-state index is 0.177. The van der Waals surface area contributed by atoms with Crippen molar-refractivity contribution in [2.75, 3.05) is 12.4 Å². The van der Waals surface area contributed by atoms with E-state index in [-0.39, 0.29) is 17.2 Å². The van der Waals surface area contributed by atoms with E-state index in [0.29, 0.717) is 12.4 Å². The molecule has 0 aromatic heterocycles. The van der Waals surface area contributed by atoms with Crippen molar-refractivity contribution >= 4 is 17.5 Å². The number of amides is 1. The van der Waals surface area contributed by atoms with Crippen LogP contribution in [0.3, 0.4) is 0 Å². The quantitative estimate of drug-likeness (QED) is 0.700. The van der Waals surface area contributed by atoms with Gasteiger partial charge in [0.05, 0.1) is 0 Å². The summed E-state index contributed by atoms with van der Waals surface area (Å²) >= 11 is 5.51. The lowest BCUT2D eigenvalue weighted by molar-refractivity contribution is -0.127. The van der Waals surface area contributed by atoms with Gasteiger partial charge >= 0.3 is 0 Å². The van der Waals surface area contributed by atoms with Crippen molar-refractivity contribution in [1.29, 1.82) is 0 Å². The Labute approximate surface area is 85.0 Å². The molecule has 1 aliphatic carbocycles. The zero-order valence-electron chi connectivity index (χ0n) is 8.40. The highest BCUT2D eigenvalue weighted by molar-refractivity contribution is 6.18. The van der Waals surface area contributed by atoms with Crippen LogP contribution in [0.2, 0.25) is 0 Å². The molecule has 0 radical (unpaired) electrons. The molecule has 1 atom stereocenters. The van der Waals surface area contributed by atoms with Crippen LogP contribution in [-0.2, 0) is 4.79 Å². The van der Waals surface area contributed by atoms with E-state index in [1.165, 1.54) is 6.42 Å². The normalized spacial score (nSPS) is 25.9. The largest absolute Gasteiger partial charge is 0.355 e. The molecule has 0 spiro atoms. The van der Waals surface area contributed by atoms with Crippen molar-refractivity contribution in [2.24, 2.45) is 11.3 Å². The third-order valence-electron chi connectivity index (χ3n) is 2.97. The fourth-order valence-corrected chi connectivity index (χ4v) is 2.20. The molecule has 2 nitrogen and oxygen atoms in total. The predicted molar refractivity (Wildman–Crippen MR) is 54.9 cm³/mol. The van der Waals surface area contributed by atoms with Gasteiger partial charge in [-0.2, -0.15) is 0 Å². The molecule has 0 heterocycles. The molecule has 13 heavy (non-hydrogen) atoms. The standard InChI is InChI=1S/C10H18ClNO/c1-10(2)5-3-4-8(10)9(13)12-7-6-11/h8H,3-7H2,1-2H3,(H,12,13). The molecule has 1 unspecified atom stereocenters. The highest BCUT2D eigenvalue weighted by Crippen LogP contribution is 2.42. The van der Waals surface area contributed by atoms with Gasteiger partial charge in [-0.05, 0) is 18.3 Å². The van der Waals surface area contributed by atoms with Gasteiger partial charge < -0.3 is 5.32 Å². The number of rotatable bonds is 3. The second kappa shape index (κ2) is 4.32. The third kappa shape index (κ3) is 2.60. The zero-order chi connectivity index (χ0) is 9.90. The minimum Gasteiger partial charge on any atom is -0.355 e. The Balaban J connectivity index is 2.46. The second-order valence-electron chi connectivity index (χ2n) is 4.41. The SMILES string of the molecule is CC1(C)CCCC1C(=O)NCCCl. The molecule has 1 fully saturated rings. The fourth-order valence-electron chi connectivity index (χ4n) is 2.11. The molecule has 0 aliphatic heterocycles. The van der Waals surface area contributed by atoms with Crippen LogP contribution in [0.15, 0.2) is 0 Å². The van der Waals surface area contributed by atoms with Crippen molar-refractivity contribution < 1.29 is 4.79 Å². The Morgan fingerprint density at radius 2 is 2.31 bits per heavy atom. The molecule has 0 aromatic carbocycles. The molecule has 0 saturated heterocycles. The lowest BCUT2D eigenvalue weighted by atomic mass is 9.81. The highest BCUT2D eigenvalue weighted by Gasteiger charge is 2.38. The summed E-state index contributed by atoms with van der Waals surface area (Å²) in [6, 6.07) is 0. The maximum absolute atomic E-state index is 11.7. The fraction of sp³-hybridized carbons (Fsp3) is 0.900. The average molecular weight is 204 g/mol. The molecule has 1 aliphatic rings. The Morgan fingerprint density at radius 1 is 1.62 bits per heavy atom. The van der Waals surface area contributed by atoms with Gasteiger partial charge in [-0.1, -0.05) is 20.3 Å². The molecule has 3 heteroatoms. The first-order valence-corrected chi connectivity index (χ1v) is 5.45. The number of alkyl halides is 1. The first kappa shape index (κ1) is 10.8. The summed E-state index contributed by atoms with van der Waals surface area (Å²) in [5.41, 5.74) is 0.177. The minimum absolute atomic E-state index is 0.177. The summed E-state index contributed by atoms with van der Waals surface area (Å²) in [6.07, 6.45) is 3.36. The van der Waals surface area contributed by atoms with Gasteiger partial charge in [0.25, 0.3) is 0 Å². The van der Waals surface area contributed by atoms with E-state index in [4.69, 9.17) is 11.6 Å². The number of hydrogen-bond donors (Lipinski definition) is 1. The summed E-state index contributed by atoms with van der Waals surface area (Å²) < 4.78 is 0. The first-order valence-electron chi connectivity index (χ1n) is 4.91. The monoisotopic (exact) mass is 203 g/mol. The molecule has 1 N–H and O–H groups in total. The van der Waals surface area contributed by atoms with E-state index >= 15 is 0 Å². The van der Waals surface area contributed by atoms with E-state index in [9.17, 15) is 4.79 Å². The molecular weight excluding hydrogens is 186 g/mol. The molecule has 1 saturated carbocycles. The molecule has 1 rings (SSSR count). The van der Waals surface area contributed by atoms with Gasteiger partial charge in [-0.15, -0.1) is 11.6 Å². The highest BCUT2D eigenvalue weighted by atomic mass is 35.5. The van der Waals surface area contributed by atoms with Crippen molar-refractivity contribution in [1.82, 2.24) is 5.32 Å². The summed E-state index contributed by atoms with van der Waals surface area (Å²) in [5.74, 6) is 0.873. The average Bonchev–Trinajstić information content (AvgIpc) is 2.41. The zero-order valence-corrected chi connectivity index (χ0v) is 9.16. The number of halogens is 1. The van der Waals surface area contributed by atoms with Gasteiger partial charge in [0, 0.05) is 18.3 Å². The van der Waals surface area contributed by atoms with Crippen LogP contribution in [0.4, 0.5) is 0 Å². The molecule has 1 amide bonds. The Kier molecular flexibility index (Phi) is 3.60. The summed E-state index contributed by atoms with van der Waals surface area (Å²) in [7, 11) is 0. The van der Waals surface area contributed by atoms with Crippen molar-refractivity contribution in [3.8, 4) is 0 Å². The number of hydrogen-bond acceptors (Lipinski definition) is 1. The summed E-state index contributed by atoms with van der Waals surface area (Å²) in [5, 5.41) is 2.86. The Hall–Kier alpha value is -0.240. The van der Waals surface area contributed by atoms with E-state index < -0.39 is 0 Å². The molecule has 76 valence electrons. The molecular formula is C10H18ClNO. The lowest BCUT2D eigenvalue weighted by Gasteiger charge is -2.25. The summed E-state index contributed by atoms with van der Waals surface area (Å²) in [4.78, 5) is 11.7. The van der Waals surface area contributed by atoms with E-state index in [1.807, 2.05) is 0 Å². The third-order valence-corrected chi connectivity index (χ3v) is 3.16. The van der Waals surface area contributed by atoms with Crippen LogP contribution >= 0.6 is 11.6 Å². The van der Waals surface area contributed by atoms with E-state index in [0.717, 1.165) is 12.8 Å². The van der Waals surface area contributed by atoms with Crippen LogP contribution in [0.1, 0.15) is 33.1 Å². The molecule has 0 aromatic rings. The second-order valence-corrected chi connectivity index (χ2v) is 4.79. The van der Waals surface area contributed by atoms with E-state index in [2.05, 4.69) is 19.2 Å². The van der Waals surface area contributed by atoms with Crippen LogP contribution in [0.5, 0.6) is 0 Å². The lowest BCUT2D eigenvalue weighted by Crippen LogP contribution is -2.37. The maximum atomic E-state index is 11.7. The smallest absolute Gasteiger partial charge is 0.223 e. The van der Waals surface area contributed by atoms with Gasteiger partial charge in [-0.3, -0.25) is 4.79 Å². The van der Waals surface area contributed by atoms with Gasteiger partial charge in [-0.25, -0.2) is 0 Å².